The molecule has 146 valence electrons. The van der Waals surface area contributed by atoms with Crippen molar-refractivity contribution >= 4 is 21.6 Å². The number of nitrogens with zero attached hydrogens (tertiary/aromatic N) is 2. The minimum Gasteiger partial charge on any atom is -0.322 e. The minimum absolute atomic E-state index is 0.0454. The molecule has 1 aliphatic heterocycles. The van der Waals surface area contributed by atoms with Gasteiger partial charge >= 0.3 is 0 Å². The van der Waals surface area contributed by atoms with Gasteiger partial charge in [-0.25, -0.2) is 8.42 Å². The van der Waals surface area contributed by atoms with Gasteiger partial charge in [0, 0.05) is 23.8 Å². The first-order valence-electron chi connectivity index (χ1n) is 9.27. The average Bonchev–Trinajstić information content (AvgIpc) is 2.69. The maximum Gasteiger partial charge on any atom is 0.255 e. The van der Waals surface area contributed by atoms with Gasteiger partial charge in [-0.3, -0.25) is 4.79 Å². The number of sulfonamides is 1. The average molecular weight is 398 g/mol. The summed E-state index contributed by atoms with van der Waals surface area (Å²) >= 11 is 0. The molecule has 1 saturated heterocycles. The second kappa shape index (κ2) is 8.13. The Balaban J connectivity index is 1.88. The van der Waals surface area contributed by atoms with Crippen molar-refractivity contribution in [1.82, 2.24) is 4.31 Å². The van der Waals surface area contributed by atoms with Crippen molar-refractivity contribution in [3.8, 4) is 6.07 Å². The van der Waals surface area contributed by atoms with Gasteiger partial charge < -0.3 is 5.32 Å². The van der Waals surface area contributed by atoms with E-state index in [9.17, 15) is 13.2 Å². The summed E-state index contributed by atoms with van der Waals surface area (Å²) in [6.45, 7) is 4.20. The molecule has 0 spiro atoms. The molecule has 2 aromatic carbocycles. The smallest absolute Gasteiger partial charge is 0.255 e. The zero-order valence-electron chi connectivity index (χ0n) is 16.0. The van der Waals surface area contributed by atoms with E-state index in [0.29, 0.717) is 28.9 Å². The number of piperidine rings is 1. The van der Waals surface area contributed by atoms with Crippen molar-refractivity contribution < 1.29 is 13.2 Å². The van der Waals surface area contributed by atoms with Crippen molar-refractivity contribution in [3.05, 3.63) is 59.2 Å². The summed E-state index contributed by atoms with van der Waals surface area (Å²) in [5, 5.41) is 11.6. The van der Waals surface area contributed by atoms with E-state index in [-0.39, 0.29) is 16.8 Å². The molecule has 1 unspecified atom stereocenters. The SMILES string of the molecule is Cc1ccc(S(=O)(=O)N2CCCCC2C)cc1C(=O)Nc1ccc(C#N)cc1. The summed E-state index contributed by atoms with van der Waals surface area (Å²) in [5.74, 6) is -0.383. The van der Waals surface area contributed by atoms with Crippen molar-refractivity contribution in [1.29, 1.82) is 5.26 Å². The Morgan fingerprint density at radius 3 is 2.54 bits per heavy atom. The van der Waals surface area contributed by atoms with Crippen LogP contribution in [-0.4, -0.2) is 31.2 Å². The third kappa shape index (κ3) is 4.08. The van der Waals surface area contributed by atoms with Crippen LogP contribution in [0.25, 0.3) is 0 Å². The molecule has 0 bridgehead atoms. The van der Waals surface area contributed by atoms with Crippen LogP contribution in [0.5, 0.6) is 0 Å². The number of carbonyl (C=O) groups is 1. The summed E-state index contributed by atoms with van der Waals surface area (Å²) in [7, 11) is -3.65. The number of nitriles is 1. The van der Waals surface area contributed by atoms with Crippen LogP contribution in [0, 0.1) is 18.3 Å². The van der Waals surface area contributed by atoms with Gasteiger partial charge in [-0.05, 0) is 68.7 Å². The number of rotatable bonds is 4. The highest BCUT2D eigenvalue weighted by Gasteiger charge is 2.31. The first-order chi connectivity index (χ1) is 13.3. The number of benzene rings is 2. The second-order valence-corrected chi connectivity index (χ2v) is 8.97. The summed E-state index contributed by atoms with van der Waals surface area (Å²) in [5.41, 5.74) is 2.05. The molecule has 0 radical (unpaired) electrons. The van der Waals surface area contributed by atoms with E-state index in [0.717, 1.165) is 19.3 Å². The predicted octanol–water partition coefficient (Wildman–Crippen LogP) is 3.68. The molecule has 3 rings (SSSR count). The Morgan fingerprint density at radius 2 is 1.89 bits per heavy atom. The Labute approximate surface area is 165 Å². The number of carbonyl (C=O) groups excluding carboxylic acids is 1. The standard InChI is InChI=1S/C21H23N3O3S/c1-15-6-11-19(28(26,27)24-12-4-3-5-16(24)2)13-20(15)21(25)23-18-9-7-17(14-22)8-10-18/h6-11,13,16H,3-5,12H2,1-2H3,(H,23,25). The number of anilines is 1. The molecule has 6 nitrogen and oxygen atoms in total. The molecular formula is C21H23N3O3S. The highest BCUT2D eigenvalue weighted by Crippen LogP contribution is 2.26. The quantitative estimate of drug-likeness (QED) is 0.852. The van der Waals surface area contributed by atoms with Gasteiger partial charge in [0.25, 0.3) is 5.91 Å². The van der Waals surface area contributed by atoms with Crippen LogP contribution in [0.1, 0.15) is 47.7 Å². The van der Waals surface area contributed by atoms with Crippen molar-refractivity contribution in [2.45, 2.75) is 44.0 Å². The van der Waals surface area contributed by atoms with E-state index in [1.165, 1.54) is 10.4 Å². The molecule has 7 heteroatoms. The second-order valence-electron chi connectivity index (χ2n) is 7.08. The number of nitrogens with one attached hydrogen (secondary N) is 1. The Bertz CT molecular complexity index is 1020. The largest absolute Gasteiger partial charge is 0.322 e. The van der Waals surface area contributed by atoms with Gasteiger partial charge in [0.2, 0.25) is 10.0 Å². The van der Waals surface area contributed by atoms with Crippen LogP contribution in [0.4, 0.5) is 5.69 Å². The van der Waals surface area contributed by atoms with Gasteiger partial charge in [-0.2, -0.15) is 9.57 Å². The minimum atomic E-state index is -3.65. The third-order valence-electron chi connectivity index (χ3n) is 5.07. The lowest BCUT2D eigenvalue weighted by atomic mass is 10.1. The Morgan fingerprint density at radius 1 is 1.18 bits per heavy atom. The van der Waals surface area contributed by atoms with Gasteiger partial charge in [-0.15, -0.1) is 0 Å². The first kappa shape index (κ1) is 20.1. The molecule has 0 saturated carbocycles. The maximum atomic E-state index is 13.1. The summed E-state index contributed by atoms with van der Waals surface area (Å²) in [6.07, 6.45) is 2.72. The van der Waals surface area contributed by atoms with Crippen LogP contribution >= 0.6 is 0 Å². The topological polar surface area (TPSA) is 90.3 Å². The van der Waals surface area contributed by atoms with Crippen LogP contribution in [-0.2, 0) is 10.0 Å². The fraction of sp³-hybridized carbons (Fsp3) is 0.333. The van der Waals surface area contributed by atoms with Gasteiger partial charge in [0.05, 0.1) is 16.5 Å². The van der Waals surface area contributed by atoms with Gasteiger partial charge in [-0.1, -0.05) is 12.5 Å². The van der Waals surface area contributed by atoms with E-state index >= 15 is 0 Å². The lowest BCUT2D eigenvalue weighted by Gasteiger charge is -2.32. The normalized spacial score (nSPS) is 17.7. The van der Waals surface area contributed by atoms with Gasteiger partial charge in [0.15, 0.2) is 0 Å². The Hall–Kier alpha value is -2.69. The molecule has 1 aliphatic rings. The monoisotopic (exact) mass is 397 g/mol. The van der Waals surface area contributed by atoms with Crippen LogP contribution in [0.3, 0.4) is 0 Å². The summed E-state index contributed by atoms with van der Waals surface area (Å²) < 4.78 is 27.7. The molecule has 1 heterocycles. The predicted molar refractivity (Wildman–Crippen MR) is 107 cm³/mol. The molecule has 2 aromatic rings. The third-order valence-corrected chi connectivity index (χ3v) is 7.08. The van der Waals surface area contributed by atoms with E-state index < -0.39 is 10.0 Å². The summed E-state index contributed by atoms with van der Waals surface area (Å²) in [4.78, 5) is 12.9. The highest BCUT2D eigenvalue weighted by atomic mass is 32.2. The first-order valence-corrected chi connectivity index (χ1v) is 10.7. The van der Waals surface area contributed by atoms with E-state index in [2.05, 4.69) is 5.32 Å². The number of aryl methyl sites for hydroxylation is 1. The Kier molecular flexibility index (Phi) is 5.82. The molecule has 28 heavy (non-hydrogen) atoms. The molecule has 1 amide bonds. The van der Waals surface area contributed by atoms with Crippen LogP contribution < -0.4 is 5.32 Å². The molecular weight excluding hydrogens is 374 g/mol. The van der Waals surface area contributed by atoms with Gasteiger partial charge in [0.1, 0.15) is 0 Å². The molecule has 1 fully saturated rings. The fourth-order valence-corrected chi connectivity index (χ4v) is 5.12. The molecule has 0 aromatic heterocycles. The lowest BCUT2D eigenvalue weighted by Crippen LogP contribution is -2.42. The van der Waals surface area contributed by atoms with E-state index in [4.69, 9.17) is 5.26 Å². The zero-order chi connectivity index (χ0) is 20.3. The number of hydrogen-bond acceptors (Lipinski definition) is 4. The van der Waals surface area contributed by atoms with Crippen molar-refractivity contribution in [3.63, 3.8) is 0 Å². The summed E-state index contributed by atoms with van der Waals surface area (Å²) in [6, 6.07) is 13.2. The van der Waals surface area contributed by atoms with Crippen LogP contribution in [0.2, 0.25) is 0 Å². The van der Waals surface area contributed by atoms with Crippen LogP contribution in [0.15, 0.2) is 47.4 Å². The fourth-order valence-electron chi connectivity index (χ4n) is 3.40. The lowest BCUT2D eigenvalue weighted by molar-refractivity contribution is 0.102. The van der Waals surface area contributed by atoms with Crippen molar-refractivity contribution in [2.24, 2.45) is 0 Å². The molecule has 1 N–H and O–H groups in total. The maximum absolute atomic E-state index is 13.1. The van der Waals surface area contributed by atoms with E-state index in [1.54, 1.807) is 43.3 Å². The van der Waals surface area contributed by atoms with Crippen molar-refractivity contribution in [2.75, 3.05) is 11.9 Å². The number of amides is 1. The highest BCUT2D eigenvalue weighted by molar-refractivity contribution is 7.89. The zero-order valence-corrected chi connectivity index (χ0v) is 16.8. The molecule has 0 aliphatic carbocycles. The number of hydrogen-bond donors (Lipinski definition) is 1. The van der Waals surface area contributed by atoms with E-state index in [1.807, 2.05) is 13.0 Å². The molecule has 1 atom stereocenters.